The van der Waals surface area contributed by atoms with Crippen LogP contribution < -0.4 is 0 Å². The molecule has 0 radical (unpaired) electrons. The van der Waals surface area contributed by atoms with Crippen LogP contribution in [0.1, 0.15) is 50.0 Å². The van der Waals surface area contributed by atoms with Crippen molar-refractivity contribution in [2.24, 2.45) is 5.92 Å². The second-order valence-electron chi connectivity index (χ2n) is 6.92. The number of aliphatic hydroxyl groups excluding tert-OH is 1. The van der Waals surface area contributed by atoms with Crippen LogP contribution in [-0.4, -0.2) is 20.8 Å². The summed E-state index contributed by atoms with van der Waals surface area (Å²) in [5.74, 6) is 0.903. The van der Waals surface area contributed by atoms with Crippen LogP contribution in [-0.2, 0) is 6.54 Å². The number of aliphatic hydroxyl groups is 1. The lowest BCUT2D eigenvalue weighted by Gasteiger charge is -2.32. The number of aromatic nitrogens is 2. The molecule has 1 saturated carbocycles. The van der Waals surface area contributed by atoms with Gasteiger partial charge in [-0.25, -0.2) is 4.98 Å². The molecule has 1 N–H and O–H groups in total. The summed E-state index contributed by atoms with van der Waals surface area (Å²) in [5, 5.41) is 10.7. The van der Waals surface area contributed by atoms with Crippen LogP contribution in [0.3, 0.4) is 0 Å². The topological polar surface area (TPSA) is 38.0 Å². The van der Waals surface area contributed by atoms with Gasteiger partial charge in [0.1, 0.15) is 0 Å². The number of rotatable bonds is 3. The number of hydrogen-bond acceptors (Lipinski definition) is 2. The van der Waals surface area contributed by atoms with E-state index in [1.807, 2.05) is 12.5 Å². The van der Waals surface area contributed by atoms with E-state index in [2.05, 4.69) is 33.8 Å². The summed E-state index contributed by atoms with van der Waals surface area (Å²) < 4.78 is 2.24. The van der Waals surface area contributed by atoms with Gasteiger partial charge in [0.15, 0.2) is 0 Å². The SMILES string of the molecule is OC(CC1Cn2cncc2-c2ccccc21)C1CCCCC1. The predicted molar refractivity (Wildman–Crippen MR) is 87.6 cm³/mol. The molecule has 1 aliphatic heterocycles. The van der Waals surface area contributed by atoms with E-state index in [4.69, 9.17) is 0 Å². The first-order valence-corrected chi connectivity index (χ1v) is 8.60. The second kappa shape index (κ2) is 5.88. The summed E-state index contributed by atoms with van der Waals surface area (Å²) >= 11 is 0. The maximum Gasteiger partial charge on any atom is 0.0951 e. The Labute approximate surface area is 132 Å². The summed E-state index contributed by atoms with van der Waals surface area (Å²) in [7, 11) is 0. The Bertz CT molecular complexity index is 642. The molecule has 0 spiro atoms. The van der Waals surface area contributed by atoms with Crippen LogP contribution in [0.25, 0.3) is 11.3 Å². The first-order valence-electron chi connectivity index (χ1n) is 8.60. The number of nitrogens with zero attached hydrogens (tertiary/aromatic N) is 2. The molecule has 1 aromatic carbocycles. The van der Waals surface area contributed by atoms with Crippen molar-refractivity contribution in [3.63, 3.8) is 0 Å². The molecule has 2 aromatic rings. The fourth-order valence-electron chi connectivity index (χ4n) is 4.32. The van der Waals surface area contributed by atoms with Crippen LogP contribution >= 0.6 is 0 Å². The van der Waals surface area contributed by atoms with Crippen molar-refractivity contribution in [2.75, 3.05) is 0 Å². The van der Waals surface area contributed by atoms with Gasteiger partial charge in [0.25, 0.3) is 0 Å². The van der Waals surface area contributed by atoms with E-state index >= 15 is 0 Å². The van der Waals surface area contributed by atoms with E-state index in [1.165, 1.54) is 48.9 Å². The molecule has 0 saturated heterocycles. The number of hydrogen-bond donors (Lipinski definition) is 1. The van der Waals surface area contributed by atoms with E-state index in [0.29, 0.717) is 11.8 Å². The van der Waals surface area contributed by atoms with Crippen molar-refractivity contribution < 1.29 is 5.11 Å². The first-order chi connectivity index (χ1) is 10.8. The highest BCUT2D eigenvalue weighted by molar-refractivity contribution is 5.66. The molecule has 22 heavy (non-hydrogen) atoms. The Balaban J connectivity index is 1.58. The highest BCUT2D eigenvalue weighted by Gasteiger charge is 2.29. The minimum Gasteiger partial charge on any atom is -0.393 e. The lowest BCUT2D eigenvalue weighted by molar-refractivity contribution is 0.0688. The molecule has 1 aromatic heterocycles. The standard InChI is InChI=1S/C19H24N2O/c22-19(14-6-2-1-3-7-14)10-15-12-21-13-20-11-18(21)17-9-5-4-8-16(15)17/h4-5,8-9,11,13-15,19,22H,1-3,6-7,10,12H2. The van der Waals surface area contributed by atoms with Gasteiger partial charge >= 0.3 is 0 Å². The molecule has 2 atom stereocenters. The van der Waals surface area contributed by atoms with Crippen LogP contribution in [0, 0.1) is 5.92 Å². The van der Waals surface area contributed by atoms with Crippen molar-refractivity contribution in [3.05, 3.63) is 42.4 Å². The van der Waals surface area contributed by atoms with Crippen LogP contribution in [0.2, 0.25) is 0 Å². The Morgan fingerprint density at radius 2 is 2.00 bits per heavy atom. The highest BCUT2D eigenvalue weighted by Crippen LogP contribution is 2.39. The van der Waals surface area contributed by atoms with Gasteiger partial charge in [-0.15, -0.1) is 0 Å². The van der Waals surface area contributed by atoms with Gasteiger partial charge in [-0.05, 0) is 30.7 Å². The maximum atomic E-state index is 10.7. The van der Waals surface area contributed by atoms with Gasteiger partial charge in [0.2, 0.25) is 0 Å². The first kappa shape index (κ1) is 14.0. The summed E-state index contributed by atoms with van der Waals surface area (Å²) in [6.45, 7) is 0.941. The Morgan fingerprint density at radius 3 is 2.86 bits per heavy atom. The summed E-state index contributed by atoms with van der Waals surface area (Å²) in [4.78, 5) is 4.31. The molecule has 3 nitrogen and oxygen atoms in total. The normalized spacial score (nSPS) is 22.9. The zero-order valence-corrected chi connectivity index (χ0v) is 13.0. The van der Waals surface area contributed by atoms with E-state index in [1.54, 1.807) is 0 Å². The minimum atomic E-state index is -0.163. The lowest BCUT2D eigenvalue weighted by atomic mass is 9.79. The largest absolute Gasteiger partial charge is 0.393 e. The number of benzene rings is 1. The average molecular weight is 296 g/mol. The summed E-state index contributed by atoms with van der Waals surface area (Å²) in [6, 6.07) is 8.62. The Hall–Kier alpha value is -1.61. The molecule has 3 heteroatoms. The van der Waals surface area contributed by atoms with E-state index in [0.717, 1.165) is 13.0 Å². The van der Waals surface area contributed by atoms with Gasteiger partial charge in [-0.3, -0.25) is 0 Å². The maximum absolute atomic E-state index is 10.7. The third-order valence-electron chi connectivity index (χ3n) is 5.53. The Morgan fingerprint density at radius 1 is 1.18 bits per heavy atom. The third kappa shape index (κ3) is 2.48. The van der Waals surface area contributed by atoms with Gasteiger partial charge in [-0.2, -0.15) is 0 Å². The molecule has 2 heterocycles. The van der Waals surface area contributed by atoms with Crippen molar-refractivity contribution in [3.8, 4) is 11.3 Å². The average Bonchev–Trinajstić information content (AvgIpc) is 3.04. The smallest absolute Gasteiger partial charge is 0.0951 e. The third-order valence-corrected chi connectivity index (χ3v) is 5.53. The van der Waals surface area contributed by atoms with Crippen molar-refractivity contribution in [1.29, 1.82) is 0 Å². The monoisotopic (exact) mass is 296 g/mol. The molecule has 0 bridgehead atoms. The predicted octanol–water partition coefficient (Wildman–Crippen LogP) is 3.98. The lowest BCUT2D eigenvalue weighted by Crippen LogP contribution is -2.27. The molecule has 2 unspecified atom stereocenters. The van der Waals surface area contributed by atoms with Crippen LogP contribution in [0.15, 0.2) is 36.8 Å². The van der Waals surface area contributed by atoms with Crippen molar-refractivity contribution in [1.82, 2.24) is 9.55 Å². The van der Waals surface area contributed by atoms with E-state index < -0.39 is 0 Å². The molecular weight excluding hydrogens is 272 g/mol. The molecule has 1 aliphatic carbocycles. The molecule has 2 aliphatic rings. The van der Waals surface area contributed by atoms with Crippen LogP contribution in [0.5, 0.6) is 0 Å². The molecule has 1 fully saturated rings. The highest BCUT2D eigenvalue weighted by atomic mass is 16.3. The molecule has 0 amide bonds. The number of imidazole rings is 1. The number of fused-ring (bicyclic) bond motifs is 3. The molecule has 4 rings (SSSR count). The summed E-state index contributed by atoms with van der Waals surface area (Å²) in [6.07, 6.45) is 10.9. The quantitative estimate of drug-likeness (QED) is 0.930. The molecular formula is C19H24N2O. The van der Waals surface area contributed by atoms with Crippen LogP contribution in [0.4, 0.5) is 0 Å². The zero-order chi connectivity index (χ0) is 14.9. The van der Waals surface area contributed by atoms with Gasteiger partial charge in [0, 0.05) is 18.0 Å². The second-order valence-corrected chi connectivity index (χ2v) is 6.92. The van der Waals surface area contributed by atoms with E-state index in [9.17, 15) is 5.11 Å². The zero-order valence-electron chi connectivity index (χ0n) is 13.0. The van der Waals surface area contributed by atoms with Gasteiger partial charge < -0.3 is 9.67 Å². The minimum absolute atomic E-state index is 0.163. The van der Waals surface area contributed by atoms with Gasteiger partial charge in [-0.1, -0.05) is 43.5 Å². The summed E-state index contributed by atoms with van der Waals surface area (Å²) in [5.41, 5.74) is 3.87. The van der Waals surface area contributed by atoms with Crippen molar-refractivity contribution in [2.45, 2.75) is 57.1 Å². The molecule has 116 valence electrons. The Kier molecular flexibility index (Phi) is 3.75. The fraction of sp³-hybridized carbons (Fsp3) is 0.526. The fourth-order valence-corrected chi connectivity index (χ4v) is 4.32. The van der Waals surface area contributed by atoms with Gasteiger partial charge in [0.05, 0.1) is 24.3 Å². The van der Waals surface area contributed by atoms with Crippen molar-refractivity contribution >= 4 is 0 Å². The van der Waals surface area contributed by atoms with E-state index in [-0.39, 0.29) is 6.10 Å².